The predicted octanol–water partition coefficient (Wildman–Crippen LogP) is 6.71. The largest absolute Gasteiger partial charge is 0.451 e. The van der Waals surface area contributed by atoms with Crippen LogP contribution in [0.25, 0.3) is 28.2 Å². The van der Waals surface area contributed by atoms with E-state index in [0.29, 0.717) is 11.4 Å². The number of rotatable bonds is 7. The Labute approximate surface area is 222 Å². The molecule has 0 unspecified atom stereocenters. The molecule has 0 aliphatic rings. The van der Waals surface area contributed by atoms with E-state index in [1.54, 1.807) is 16.8 Å². The fourth-order valence-electron chi connectivity index (χ4n) is 3.88. The molecule has 0 N–H and O–H groups in total. The lowest BCUT2D eigenvalue weighted by Gasteiger charge is -2.07. The van der Waals surface area contributed by atoms with E-state index in [9.17, 15) is 9.59 Å². The number of nitrogens with zero attached hydrogens (tertiary/aromatic N) is 3. The lowest BCUT2D eigenvalue weighted by molar-refractivity contribution is 0.0462. The molecular weight excluding hydrogens is 530 g/mol. The van der Waals surface area contributed by atoms with Crippen molar-refractivity contribution in [3.63, 3.8) is 0 Å². The second-order valence-corrected chi connectivity index (χ2v) is 9.38. The molecule has 0 spiro atoms. The number of aryl methyl sites for hydroxylation is 1. The van der Waals surface area contributed by atoms with Gasteiger partial charge in [0.15, 0.2) is 18.2 Å². The zero-order valence-corrected chi connectivity index (χ0v) is 21.6. The van der Waals surface area contributed by atoms with Crippen LogP contribution in [0.3, 0.4) is 0 Å². The Hall–Kier alpha value is -4.36. The Morgan fingerprint density at radius 2 is 1.49 bits per heavy atom. The average Bonchev–Trinajstić information content (AvgIpc) is 3.38. The van der Waals surface area contributed by atoms with Crippen LogP contribution in [0, 0.1) is 6.92 Å². The maximum absolute atomic E-state index is 12.8. The van der Waals surface area contributed by atoms with Crippen LogP contribution in [-0.4, -0.2) is 33.1 Å². The van der Waals surface area contributed by atoms with Crippen LogP contribution in [0.2, 0.25) is 0 Å². The number of ether oxygens (including phenoxy) is 1. The molecule has 7 heteroatoms. The van der Waals surface area contributed by atoms with Crippen molar-refractivity contribution < 1.29 is 14.3 Å². The second-order valence-electron chi connectivity index (χ2n) is 8.46. The van der Waals surface area contributed by atoms with Crippen LogP contribution in [0.15, 0.2) is 108 Å². The maximum Gasteiger partial charge on any atom is 0.378 e. The van der Waals surface area contributed by atoms with Gasteiger partial charge in [0.25, 0.3) is 5.82 Å². The molecule has 1 aromatic heterocycles. The highest BCUT2D eigenvalue weighted by atomic mass is 79.9. The number of ketones is 1. The van der Waals surface area contributed by atoms with Crippen molar-refractivity contribution in [2.24, 2.45) is 0 Å². The average molecular weight is 552 g/mol. The molecule has 0 saturated heterocycles. The summed E-state index contributed by atoms with van der Waals surface area (Å²) in [5, 5.41) is 4.42. The van der Waals surface area contributed by atoms with Gasteiger partial charge in [-0.25, -0.2) is 14.5 Å². The van der Waals surface area contributed by atoms with Crippen molar-refractivity contribution in [2.45, 2.75) is 6.92 Å². The number of aromatic nitrogens is 3. The molecule has 0 saturated carbocycles. The fraction of sp³-hybridized carbons (Fsp3) is 0.0667. The van der Waals surface area contributed by atoms with E-state index in [4.69, 9.17) is 4.74 Å². The van der Waals surface area contributed by atoms with Crippen LogP contribution < -0.4 is 0 Å². The third kappa shape index (κ3) is 5.57. The minimum Gasteiger partial charge on any atom is -0.451 e. The Bertz CT molecular complexity index is 1560. The topological polar surface area (TPSA) is 74.1 Å². The molecule has 37 heavy (non-hydrogen) atoms. The molecule has 0 amide bonds. The number of hydrogen-bond acceptors (Lipinski definition) is 5. The lowest BCUT2D eigenvalue weighted by atomic mass is 10.0. The van der Waals surface area contributed by atoms with Gasteiger partial charge in [-0.15, -0.1) is 5.10 Å². The molecule has 0 aliphatic carbocycles. The van der Waals surface area contributed by atoms with Crippen molar-refractivity contribution in [3.8, 4) is 28.2 Å². The van der Waals surface area contributed by atoms with Gasteiger partial charge >= 0.3 is 5.97 Å². The quantitative estimate of drug-likeness (QED) is 0.166. The van der Waals surface area contributed by atoms with Crippen LogP contribution in [0.1, 0.15) is 26.5 Å². The highest BCUT2D eigenvalue weighted by Gasteiger charge is 2.21. The number of benzene rings is 4. The van der Waals surface area contributed by atoms with Crippen molar-refractivity contribution in [3.05, 3.63) is 125 Å². The predicted molar refractivity (Wildman–Crippen MR) is 146 cm³/mol. The van der Waals surface area contributed by atoms with Gasteiger partial charge in [0.05, 0.1) is 5.69 Å². The number of esters is 1. The third-order valence-corrected chi connectivity index (χ3v) is 6.32. The first-order chi connectivity index (χ1) is 18.0. The summed E-state index contributed by atoms with van der Waals surface area (Å²) in [5.74, 6) is -0.697. The first-order valence-electron chi connectivity index (χ1n) is 11.6. The fourth-order valence-corrected chi connectivity index (χ4v) is 4.15. The Balaban J connectivity index is 1.34. The molecule has 0 fully saturated rings. The maximum atomic E-state index is 12.8. The van der Waals surface area contributed by atoms with Gasteiger partial charge in [-0.1, -0.05) is 94.8 Å². The van der Waals surface area contributed by atoms with Gasteiger partial charge in [0, 0.05) is 15.6 Å². The van der Waals surface area contributed by atoms with E-state index in [1.165, 1.54) is 0 Å². The van der Waals surface area contributed by atoms with E-state index >= 15 is 0 Å². The van der Waals surface area contributed by atoms with Gasteiger partial charge in [-0.2, -0.15) is 0 Å². The van der Waals surface area contributed by atoms with Crippen LogP contribution in [0.4, 0.5) is 0 Å². The summed E-state index contributed by atoms with van der Waals surface area (Å²) >= 11 is 3.44. The van der Waals surface area contributed by atoms with E-state index in [1.807, 2.05) is 97.9 Å². The third-order valence-electron chi connectivity index (χ3n) is 5.79. The summed E-state index contributed by atoms with van der Waals surface area (Å²) in [7, 11) is 0. The number of carbonyl (C=O) groups is 2. The Morgan fingerprint density at radius 1 is 0.811 bits per heavy atom. The van der Waals surface area contributed by atoms with Crippen LogP contribution >= 0.6 is 15.9 Å². The zero-order chi connectivity index (χ0) is 25.8. The normalized spacial score (nSPS) is 10.8. The van der Waals surface area contributed by atoms with E-state index in [-0.39, 0.29) is 11.6 Å². The van der Waals surface area contributed by atoms with Crippen molar-refractivity contribution in [2.75, 3.05) is 6.61 Å². The standard InChI is InChI=1S/C30H22BrN3O3/c1-20-6-5-9-26(18-20)34-29(24-14-16-25(31)17-15-24)32-28(33-34)30(36)37-19-27(35)23-12-10-22(11-13-23)21-7-3-2-4-8-21/h2-18H,19H2,1H3. The van der Waals surface area contributed by atoms with Gasteiger partial charge in [0.2, 0.25) is 0 Å². The molecule has 6 nitrogen and oxygen atoms in total. The molecule has 0 radical (unpaired) electrons. The molecular formula is C30H22BrN3O3. The molecule has 1 heterocycles. The van der Waals surface area contributed by atoms with E-state index in [2.05, 4.69) is 26.0 Å². The molecule has 5 rings (SSSR count). The van der Waals surface area contributed by atoms with E-state index < -0.39 is 12.6 Å². The number of carbonyl (C=O) groups excluding carboxylic acids is 2. The van der Waals surface area contributed by atoms with Gasteiger partial charge in [-0.05, 0) is 47.9 Å². The van der Waals surface area contributed by atoms with E-state index in [0.717, 1.165) is 32.4 Å². The smallest absolute Gasteiger partial charge is 0.378 e. The summed E-state index contributed by atoms with van der Waals surface area (Å²) in [6, 6.07) is 32.4. The second kappa shape index (κ2) is 10.7. The zero-order valence-electron chi connectivity index (χ0n) is 20.0. The SMILES string of the molecule is Cc1cccc(-n2nc(C(=O)OCC(=O)c3ccc(-c4ccccc4)cc3)nc2-c2ccc(Br)cc2)c1. The monoisotopic (exact) mass is 551 g/mol. The summed E-state index contributed by atoms with van der Waals surface area (Å²) in [4.78, 5) is 30.0. The summed E-state index contributed by atoms with van der Waals surface area (Å²) in [5.41, 5.74) is 5.11. The first kappa shape index (κ1) is 24.3. The first-order valence-corrected chi connectivity index (χ1v) is 12.4. The summed E-state index contributed by atoms with van der Waals surface area (Å²) in [6.45, 7) is 1.57. The molecule has 0 bridgehead atoms. The van der Waals surface area contributed by atoms with Gasteiger partial charge in [-0.3, -0.25) is 4.79 Å². The summed E-state index contributed by atoms with van der Waals surface area (Å²) < 4.78 is 7.84. The van der Waals surface area contributed by atoms with Crippen LogP contribution in [-0.2, 0) is 4.74 Å². The van der Waals surface area contributed by atoms with Gasteiger partial charge in [0.1, 0.15) is 0 Å². The highest BCUT2D eigenvalue weighted by Crippen LogP contribution is 2.24. The Morgan fingerprint density at radius 3 is 2.19 bits per heavy atom. The minimum absolute atomic E-state index is 0.119. The van der Waals surface area contributed by atoms with Crippen molar-refractivity contribution in [1.82, 2.24) is 14.8 Å². The highest BCUT2D eigenvalue weighted by molar-refractivity contribution is 9.10. The number of halogens is 1. The molecule has 0 atom stereocenters. The molecule has 5 aromatic rings. The van der Waals surface area contributed by atoms with Crippen LogP contribution in [0.5, 0.6) is 0 Å². The van der Waals surface area contributed by atoms with Gasteiger partial charge < -0.3 is 4.74 Å². The molecule has 0 aliphatic heterocycles. The Kier molecular flexibility index (Phi) is 7.05. The summed E-state index contributed by atoms with van der Waals surface area (Å²) in [6.07, 6.45) is 0. The minimum atomic E-state index is -0.765. The molecule has 4 aromatic carbocycles. The number of hydrogen-bond donors (Lipinski definition) is 0. The number of Topliss-reactive ketones (excluding diaryl/α,β-unsaturated/α-hetero) is 1. The lowest BCUT2D eigenvalue weighted by Crippen LogP contribution is -2.15. The van der Waals surface area contributed by atoms with Crippen molar-refractivity contribution >= 4 is 27.7 Å². The van der Waals surface area contributed by atoms with Crippen molar-refractivity contribution in [1.29, 1.82) is 0 Å². The molecule has 182 valence electrons.